The number of hydrogen-bond donors (Lipinski definition) is 1. The van der Waals surface area contributed by atoms with Gasteiger partial charge in [-0.25, -0.2) is 0 Å². The lowest BCUT2D eigenvalue weighted by atomic mass is 10.1. The molecular formula is C19H17N5O2. The van der Waals surface area contributed by atoms with E-state index >= 15 is 0 Å². The van der Waals surface area contributed by atoms with E-state index in [0.29, 0.717) is 29.8 Å². The second-order valence-electron chi connectivity index (χ2n) is 5.77. The van der Waals surface area contributed by atoms with Crippen molar-refractivity contribution in [3.8, 4) is 17.3 Å². The van der Waals surface area contributed by atoms with Gasteiger partial charge < -0.3 is 14.5 Å². The van der Waals surface area contributed by atoms with E-state index in [9.17, 15) is 0 Å². The molecule has 2 aromatic carbocycles. The molecule has 0 spiro atoms. The highest BCUT2D eigenvalue weighted by Crippen LogP contribution is 2.29. The first kappa shape index (κ1) is 16.0. The molecule has 4 aromatic rings. The monoisotopic (exact) mass is 347 g/mol. The Bertz CT molecular complexity index is 1040. The van der Waals surface area contributed by atoms with Crippen LogP contribution in [0.4, 0.5) is 5.82 Å². The summed E-state index contributed by atoms with van der Waals surface area (Å²) in [5, 5.41) is 21.8. The van der Waals surface area contributed by atoms with E-state index in [1.165, 1.54) is 0 Å². The highest BCUT2D eigenvalue weighted by Gasteiger charge is 2.15. The van der Waals surface area contributed by atoms with Crippen LogP contribution < -0.4 is 10.1 Å². The third-order valence-corrected chi connectivity index (χ3v) is 4.03. The molecule has 130 valence electrons. The van der Waals surface area contributed by atoms with Gasteiger partial charge in [-0.3, -0.25) is 0 Å². The largest absolute Gasteiger partial charge is 0.497 e. The number of nitrogens with one attached hydrogen (secondary N) is 1. The number of rotatable bonds is 5. The van der Waals surface area contributed by atoms with Gasteiger partial charge in [0, 0.05) is 24.2 Å². The maximum Gasteiger partial charge on any atom is 0.268 e. The first-order valence-corrected chi connectivity index (χ1v) is 8.17. The third kappa shape index (κ3) is 3.06. The van der Waals surface area contributed by atoms with E-state index in [4.69, 9.17) is 9.15 Å². The minimum atomic E-state index is 0.368. The number of aromatic nitrogens is 4. The molecule has 7 nitrogen and oxygen atoms in total. The van der Waals surface area contributed by atoms with Gasteiger partial charge in [-0.05, 0) is 17.7 Å². The van der Waals surface area contributed by atoms with Gasteiger partial charge in [0.15, 0.2) is 11.5 Å². The van der Waals surface area contributed by atoms with E-state index in [1.54, 1.807) is 14.0 Å². The fourth-order valence-corrected chi connectivity index (χ4v) is 2.71. The summed E-state index contributed by atoms with van der Waals surface area (Å²) in [5.41, 5.74) is 1.70. The lowest BCUT2D eigenvalue weighted by Gasteiger charge is -2.10. The molecular weight excluding hydrogens is 330 g/mol. The number of fused-ring (bicyclic) bond motifs is 1. The zero-order valence-electron chi connectivity index (χ0n) is 14.4. The number of anilines is 1. The molecule has 0 saturated carbocycles. The number of hydrogen-bond acceptors (Lipinski definition) is 7. The van der Waals surface area contributed by atoms with Crippen LogP contribution in [0, 0.1) is 6.92 Å². The molecule has 26 heavy (non-hydrogen) atoms. The van der Waals surface area contributed by atoms with E-state index in [0.717, 1.165) is 22.1 Å². The highest BCUT2D eigenvalue weighted by atomic mass is 16.5. The molecule has 0 radical (unpaired) electrons. The van der Waals surface area contributed by atoms with Gasteiger partial charge in [0.2, 0.25) is 5.89 Å². The van der Waals surface area contributed by atoms with Crippen molar-refractivity contribution in [1.29, 1.82) is 0 Å². The molecule has 0 fully saturated rings. The summed E-state index contributed by atoms with van der Waals surface area (Å²) in [5.74, 6) is 2.40. The van der Waals surface area contributed by atoms with Crippen LogP contribution in [-0.2, 0) is 6.54 Å². The summed E-state index contributed by atoms with van der Waals surface area (Å²) in [6, 6.07) is 15.8. The molecule has 0 unspecified atom stereocenters. The molecule has 4 rings (SSSR count). The number of ether oxygens (including phenoxy) is 1. The van der Waals surface area contributed by atoms with Gasteiger partial charge in [0.05, 0.1) is 7.11 Å². The summed E-state index contributed by atoms with van der Waals surface area (Å²) in [4.78, 5) is 0. The fourth-order valence-electron chi connectivity index (χ4n) is 2.71. The SMILES string of the molecule is COc1ccc(CNc2nnc(-c3nnc(C)o3)c3ccccc23)cc1. The third-order valence-electron chi connectivity index (χ3n) is 4.03. The van der Waals surface area contributed by atoms with Crippen LogP contribution in [0.25, 0.3) is 22.4 Å². The van der Waals surface area contributed by atoms with Crippen molar-refractivity contribution in [3.05, 3.63) is 60.0 Å². The number of methoxy groups -OCH3 is 1. The molecule has 0 aliphatic carbocycles. The first-order valence-electron chi connectivity index (χ1n) is 8.17. The molecule has 0 atom stereocenters. The van der Waals surface area contributed by atoms with Crippen molar-refractivity contribution in [2.45, 2.75) is 13.5 Å². The Hall–Kier alpha value is -3.48. The minimum Gasteiger partial charge on any atom is -0.497 e. The van der Waals surface area contributed by atoms with Crippen LogP contribution >= 0.6 is 0 Å². The number of aryl methyl sites for hydroxylation is 1. The quantitative estimate of drug-likeness (QED) is 0.590. The first-order chi connectivity index (χ1) is 12.7. The predicted octanol–water partition coefficient (Wildman–Crippen LogP) is 3.61. The Morgan fingerprint density at radius 2 is 1.69 bits per heavy atom. The Balaban J connectivity index is 1.65. The second kappa shape index (κ2) is 6.79. The van der Waals surface area contributed by atoms with Crippen LogP contribution in [0.2, 0.25) is 0 Å². The summed E-state index contributed by atoms with van der Waals surface area (Å²) in [6.07, 6.45) is 0. The lowest BCUT2D eigenvalue weighted by molar-refractivity contribution is 0.414. The lowest BCUT2D eigenvalue weighted by Crippen LogP contribution is -2.04. The molecule has 0 aliphatic rings. The standard InChI is InChI=1S/C19H17N5O2/c1-12-21-24-19(26-12)17-15-5-3-4-6-16(15)18(23-22-17)20-11-13-7-9-14(25-2)10-8-13/h3-10H,11H2,1-2H3,(H,20,23). The van der Waals surface area contributed by atoms with Gasteiger partial charge in [0.1, 0.15) is 5.75 Å². The van der Waals surface area contributed by atoms with Crippen LogP contribution in [0.15, 0.2) is 52.9 Å². The minimum absolute atomic E-state index is 0.368. The fraction of sp³-hybridized carbons (Fsp3) is 0.158. The highest BCUT2D eigenvalue weighted by molar-refractivity contribution is 5.98. The maximum absolute atomic E-state index is 5.51. The molecule has 0 saturated heterocycles. The molecule has 2 aromatic heterocycles. The van der Waals surface area contributed by atoms with Crippen molar-refractivity contribution in [3.63, 3.8) is 0 Å². The van der Waals surface area contributed by atoms with Gasteiger partial charge >= 0.3 is 0 Å². The van der Waals surface area contributed by atoms with Gasteiger partial charge in [-0.1, -0.05) is 36.4 Å². The van der Waals surface area contributed by atoms with E-state index in [2.05, 4.69) is 25.7 Å². The van der Waals surface area contributed by atoms with Crippen molar-refractivity contribution in [2.24, 2.45) is 0 Å². The Kier molecular flexibility index (Phi) is 4.18. The Morgan fingerprint density at radius 1 is 0.923 bits per heavy atom. The average Bonchev–Trinajstić information content (AvgIpc) is 3.12. The van der Waals surface area contributed by atoms with Crippen molar-refractivity contribution < 1.29 is 9.15 Å². The number of nitrogens with zero attached hydrogens (tertiary/aromatic N) is 4. The number of benzene rings is 2. The van der Waals surface area contributed by atoms with Crippen LogP contribution in [0.1, 0.15) is 11.5 Å². The Morgan fingerprint density at radius 3 is 2.38 bits per heavy atom. The summed E-state index contributed by atoms with van der Waals surface area (Å²) >= 11 is 0. The van der Waals surface area contributed by atoms with Gasteiger partial charge in [0.25, 0.3) is 5.89 Å². The van der Waals surface area contributed by atoms with Crippen molar-refractivity contribution in [1.82, 2.24) is 20.4 Å². The molecule has 0 aliphatic heterocycles. The van der Waals surface area contributed by atoms with Crippen LogP contribution in [-0.4, -0.2) is 27.5 Å². The summed E-state index contributed by atoms with van der Waals surface area (Å²) < 4.78 is 10.7. The zero-order valence-corrected chi connectivity index (χ0v) is 14.4. The summed E-state index contributed by atoms with van der Waals surface area (Å²) in [6.45, 7) is 2.37. The van der Waals surface area contributed by atoms with E-state index in [1.807, 2.05) is 48.5 Å². The topological polar surface area (TPSA) is 86.0 Å². The average molecular weight is 347 g/mol. The Labute approximate surface area is 150 Å². The molecule has 0 bridgehead atoms. The smallest absolute Gasteiger partial charge is 0.268 e. The van der Waals surface area contributed by atoms with Crippen LogP contribution in [0.3, 0.4) is 0 Å². The second-order valence-corrected chi connectivity index (χ2v) is 5.77. The molecule has 1 N–H and O–H groups in total. The predicted molar refractivity (Wildman–Crippen MR) is 97.9 cm³/mol. The molecule has 7 heteroatoms. The van der Waals surface area contributed by atoms with E-state index in [-0.39, 0.29) is 0 Å². The van der Waals surface area contributed by atoms with Gasteiger partial charge in [-0.15, -0.1) is 20.4 Å². The van der Waals surface area contributed by atoms with Gasteiger partial charge in [-0.2, -0.15) is 0 Å². The van der Waals surface area contributed by atoms with Crippen LogP contribution in [0.5, 0.6) is 5.75 Å². The maximum atomic E-state index is 5.51. The normalized spacial score (nSPS) is 10.8. The van der Waals surface area contributed by atoms with Crippen molar-refractivity contribution >= 4 is 16.6 Å². The van der Waals surface area contributed by atoms with E-state index < -0.39 is 0 Å². The molecule has 0 amide bonds. The zero-order chi connectivity index (χ0) is 17.9. The molecule has 2 heterocycles. The summed E-state index contributed by atoms with van der Waals surface area (Å²) in [7, 11) is 1.65. The van der Waals surface area contributed by atoms with Crippen molar-refractivity contribution in [2.75, 3.05) is 12.4 Å².